The van der Waals surface area contributed by atoms with Gasteiger partial charge in [-0.1, -0.05) is 15.9 Å². The molecular formula is C13H15Br2N3S. The summed E-state index contributed by atoms with van der Waals surface area (Å²) < 4.78 is 4.02. The van der Waals surface area contributed by atoms with Gasteiger partial charge < -0.3 is 5.73 Å². The minimum absolute atomic E-state index is 0.0366. The van der Waals surface area contributed by atoms with E-state index in [-0.39, 0.29) is 6.04 Å². The van der Waals surface area contributed by atoms with Crippen LogP contribution in [0, 0.1) is 0 Å². The summed E-state index contributed by atoms with van der Waals surface area (Å²) in [4.78, 5) is 1.22. The highest BCUT2D eigenvalue weighted by atomic mass is 79.9. The summed E-state index contributed by atoms with van der Waals surface area (Å²) >= 11 is 8.70. The predicted octanol–water partition coefficient (Wildman–Crippen LogP) is 4.22. The fourth-order valence-corrected chi connectivity index (χ4v) is 3.50. The Kier molecular flexibility index (Phi) is 5.50. The molecule has 0 fully saturated rings. The molecule has 19 heavy (non-hydrogen) atoms. The van der Waals surface area contributed by atoms with Gasteiger partial charge in [0.15, 0.2) is 0 Å². The maximum absolute atomic E-state index is 6.27. The molecule has 2 rings (SSSR count). The zero-order valence-corrected chi connectivity index (χ0v) is 14.5. The summed E-state index contributed by atoms with van der Waals surface area (Å²) in [5, 5.41) is 4.30. The Bertz CT molecular complexity index is 539. The highest BCUT2D eigenvalue weighted by molar-refractivity contribution is 9.10. The van der Waals surface area contributed by atoms with E-state index >= 15 is 0 Å². The lowest BCUT2D eigenvalue weighted by molar-refractivity contribution is 0.591. The van der Waals surface area contributed by atoms with Gasteiger partial charge in [-0.05, 0) is 47.1 Å². The predicted molar refractivity (Wildman–Crippen MR) is 87.4 cm³/mol. The van der Waals surface area contributed by atoms with E-state index in [1.165, 1.54) is 4.90 Å². The average molecular weight is 405 g/mol. The summed E-state index contributed by atoms with van der Waals surface area (Å²) in [6.45, 7) is 2.90. The lowest BCUT2D eigenvalue weighted by Gasteiger charge is -2.14. The van der Waals surface area contributed by atoms with E-state index in [1.807, 2.05) is 23.0 Å². The lowest BCUT2D eigenvalue weighted by Crippen LogP contribution is -2.18. The molecule has 0 aliphatic carbocycles. The Morgan fingerprint density at radius 3 is 2.63 bits per heavy atom. The molecule has 0 amide bonds. The van der Waals surface area contributed by atoms with E-state index in [1.54, 1.807) is 11.8 Å². The molecule has 0 spiro atoms. The standard InChI is InChI=1S/C13H15Br2N3S/c1-2-18-13(11(15)7-17-18)12(16)8-19-10-5-3-9(14)4-6-10/h3-7,12H,2,8,16H2,1H3. The van der Waals surface area contributed by atoms with Crippen LogP contribution in [-0.4, -0.2) is 15.5 Å². The summed E-state index contributed by atoms with van der Waals surface area (Å²) in [6, 6.07) is 8.23. The van der Waals surface area contributed by atoms with Gasteiger partial charge >= 0.3 is 0 Å². The topological polar surface area (TPSA) is 43.8 Å². The molecule has 1 aromatic heterocycles. The number of aryl methyl sites for hydroxylation is 1. The Labute approximate surface area is 134 Å². The second kappa shape index (κ2) is 6.92. The third-order valence-corrected chi connectivity index (χ3v) is 5.00. The van der Waals surface area contributed by atoms with Crippen molar-refractivity contribution in [1.82, 2.24) is 9.78 Å². The first-order valence-electron chi connectivity index (χ1n) is 5.97. The minimum Gasteiger partial charge on any atom is -0.322 e. The van der Waals surface area contributed by atoms with Gasteiger partial charge in [-0.15, -0.1) is 11.8 Å². The highest BCUT2D eigenvalue weighted by Gasteiger charge is 2.16. The number of aromatic nitrogens is 2. The molecule has 1 aromatic carbocycles. The zero-order chi connectivity index (χ0) is 13.8. The monoisotopic (exact) mass is 403 g/mol. The third-order valence-electron chi connectivity index (χ3n) is 2.73. The smallest absolute Gasteiger partial charge is 0.0701 e. The molecule has 0 saturated heterocycles. The Morgan fingerprint density at radius 2 is 2.00 bits per heavy atom. The molecule has 0 radical (unpaired) electrons. The first-order chi connectivity index (χ1) is 9.11. The van der Waals surface area contributed by atoms with Crippen LogP contribution in [0.25, 0.3) is 0 Å². The Balaban J connectivity index is 2.03. The lowest BCUT2D eigenvalue weighted by atomic mass is 10.2. The molecule has 0 saturated carbocycles. The fourth-order valence-electron chi connectivity index (χ4n) is 1.79. The van der Waals surface area contributed by atoms with Gasteiger partial charge in [0.1, 0.15) is 0 Å². The molecule has 0 bridgehead atoms. The summed E-state index contributed by atoms with van der Waals surface area (Å²) in [5.74, 6) is 0.825. The van der Waals surface area contributed by atoms with Crippen LogP contribution in [0.5, 0.6) is 0 Å². The normalized spacial score (nSPS) is 12.6. The zero-order valence-electron chi connectivity index (χ0n) is 10.5. The second-order valence-corrected chi connectivity index (χ2v) is 6.93. The quantitative estimate of drug-likeness (QED) is 0.758. The van der Waals surface area contributed by atoms with Crippen molar-refractivity contribution in [2.45, 2.75) is 24.4 Å². The van der Waals surface area contributed by atoms with Crippen LogP contribution in [0.15, 0.2) is 44.3 Å². The van der Waals surface area contributed by atoms with Crippen LogP contribution in [-0.2, 0) is 6.54 Å². The van der Waals surface area contributed by atoms with E-state index < -0.39 is 0 Å². The van der Waals surface area contributed by atoms with E-state index in [0.29, 0.717) is 0 Å². The second-order valence-electron chi connectivity index (χ2n) is 4.06. The van der Waals surface area contributed by atoms with E-state index in [4.69, 9.17) is 5.73 Å². The molecule has 6 heteroatoms. The molecule has 3 nitrogen and oxygen atoms in total. The summed E-state index contributed by atoms with van der Waals surface area (Å²) in [7, 11) is 0. The van der Waals surface area contributed by atoms with Crippen LogP contribution < -0.4 is 5.73 Å². The van der Waals surface area contributed by atoms with Gasteiger partial charge in [0.05, 0.1) is 22.4 Å². The number of thioether (sulfide) groups is 1. The van der Waals surface area contributed by atoms with Crippen LogP contribution in [0.3, 0.4) is 0 Å². The average Bonchev–Trinajstić information content (AvgIpc) is 2.79. The van der Waals surface area contributed by atoms with Crippen LogP contribution in [0.4, 0.5) is 0 Å². The molecule has 1 unspecified atom stereocenters. The number of hydrogen-bond acceptors (Lipinski definition) is 3. The molecule has 1 heterocycles. The van der Waals surface area contributed by atoms with Crippen molar-refractivity contribution in [2.75, 3.05) is 5.75 Å². The van der Waals surface area contributed by atoms with Crippen molar-refractivity contribution in [3.05, 3.63) is 45.1 Å². The molecule has 102 valence electrons. The van der Waals surface area contributed by atoms with Gasteiger partial charge in [-0.2, -0.15) is 5.10 Å². The van der Waals surface area contributed by atoms with E-state index in [2.05, 4.69) is 56.0 Å². The minimum atomic E-state index is -0.0366. The first kappa shape index (κ1) is 15.1. The molecule has 0 aliphatic heterocycles. The fraction of sp³-hybridized carbons (Fsp3) is 0.308. The third kappa shape index (κ3) is 3.84. The van der Waals surface area contributed by atoms with Gasteiger partial charge in [0.2, 0.25) is 0 Å². The van der Waals surface area contributed by atoms with Crippen LogP contribution in [0.1, 0.15) is 18.7 Å². The number of rotatable bonds is 5. The molecular weight excluding hydrogens is 390 g/mol. The van der Waals surface area contributed by atoms with Crippen molar-refractivity contribution in [3.63, 3.8) is 0 Å². The molecule has 2 N–H and O–H groups in total. The van der Waals surface area contributed by atoms with Gasteiger partial charge in [0, 0.05) is 21.7 Å². The molecule has 0 aliphatic rings. The van der Waals surface area contributed by atoms with Crippen LogP contribution >= 0.6 is 43.6 Å². The van der Waals surface area contributed by atoms with E-state index in [0.717, 1.165) is 26.9 Å². The number of nitrogens with zero attached hydrogens (tertiary/aromatic N) is 2. The number of nitrogens with two attached hydrogens (primary N) is 1. The van der Waals surface area contributed by atoms with Crippen molar-refractivity contribution < 1.29 is 0 Å². The van der Waals surface area contributed by atoms with Gasteiger partial charge in [-0.3, -0.25) is 4.68 Å². The number of benzene rings is 1. The van der Waals surface area contributed by atoms with E-state index in [9.17, 15) is 0 Å². The molecule has 1 atom stereocenters. The Hall–Kier alpha value is -0.300. The largest absolute Gasteiger partial charge is 0.322 e. The maximum atomic E-state index is 6.27. The van der Waals surface area contributed by atoms with Crippen molar-refractivity contribution in [1.29, 1.82) is 0 Å². The van der Waals surface area contributed by atoms with Crippen LogP contribution in [0.2, 0.25) is 0 Å². The number of halogens is 2. The number of hydrogen-bond donors (Lipinski definition) is 1. The highest BCUT2D eigenvalue weighted by Crippen LogP contribution is 2.28. The summed E-state index contributed by atoms with van der Waals surface area (Å²) in [5.41, 5.74) is 7.34. The maximum Gasteiger partial charge on any atom is 0.0701 e. The van der Waals surface area contributed by atoms with Crippen molar-refractivity contribution in [3.8, 4) is 0 Å². The summed E-state index contributed by atoms with van der Waals surface area (Å²) in [6.07, 6.45) is 1.81. The van der Waals surface area contributed by atoms with Gasteiger partial charge in [0.25, 0.3) is 0 Å². The molecule has 2 aromatic rings. The Morgan fingerprint density at radius 1 is 1.32 bits per heavy atom. The SMILES string of the molecule is CCn1ncc(Br)c1C(N)CSc1ccc(Br)cc1. The van der Waals surface area contributed by atoms with Crippen molar-refractivity contribution >= 4 is 43.6 Å². The first-order valence-corrected chi connectivity index (χ1v) is 8.54. The van der Waals surface area contributed by atoms with Gasteiger partial charge in [-0.25, -0.2) is 0 Å². The van der Waals surface area contributed by atoms with Crippen molar-refractivity contribution in [2.24, 2.45) is 5.73 Å².